The van der Waals surface area contributed by atoms with Gasteiger partial charge < -0.3 is 10.5 Å². The summed E-state index contributed by atoms with van der Waals surface area (Å²) in [5.74, 6) is 0.901. The molecule has 2 N–H and O–H groups in total. The third-order valence-electron chi connectivity index (χ3n) is 3.93. The summed E-state index contributed by atoms with van der Waals surface area (Å²) in [6.45, 7) is 2.92. The second-order valence-corrected chi connectivity index (χ2v) is 5.75. The van der Waals surface area contributed by atoms with Crippen molar-refractivity contribution in [2.24, 2.45) is 4.99 Å². The van der Waals surface area contributed by atoms with Gasteiger partial charge in [0.25, 0.3) is 0 Å². The minimum absolute atomic E-state index is 0.765. The van der Waals surface area contributed by atoms with Crippen LogP contribution in [0.25, 0.3) is 10.8 Å². The largest absolute Gasteiger partial charge is 0.494 e. The van der Waals surface area contributed by atoms with Gasteiger partial charge in [0.15, 0.2) is 0 Å². The molecule has 0 bridgehead atoms. The molecule has 122 valence electrons. The smallest absolute Gasteiger partial charge is 0.119 e. The van der Waals surface area contributed by atoms with Gasteiger partial charge in [-0.15, -0.1) is 0 Å². The number of nitrogens with zero attached hydrogens (tertiary/aromatic N) is 1. The van der Waals surface area contributed by atoms with Crippen LogP contribution < -0.4 is 10.5 Å². The lowest BCUT2D eigenvalue weighted by Crippen LogP contribution is -1.96. The molecular formula is C21H22N2O. The van der Waals surface area contributed by atoms with E-state index in [0.29, 0.717) is 0 Å². The summed E-state index contributed by atoms with van der Waals surface area (Å²) < 4.78 is 5.68. The van der Waals surface area contributed by atoms with Crippen LogP contribution in [0.4, 0.5) is 11.4 Å². The Kier molecular flexibility index (Phi) is 5.12. The fourth-order valence-electron chi connectivity index (χ4n) is 2.55. The molecule has 0 fully saturated rings. The van der Waals surface area contributed by atoms with Gasteiger partial charge in [-0.2, -0.15) is 0 Å². The lowest BCUT2D eigenvalue weighted by Gasteiger charge is -2.06. The van der Waals surface area contributed by atoms with Crippen LogP contribution in [0.5, 0.6) is 5.75 Å². The van der Waals surface area contributed by atoms with E-state index in [1.54, 1.807) is 0 Å². The number of anilines is 1. The lowest BCUT2D eigenvalue weighted by molar-refractivity contribution is 0.309. The molecule has 0 heterocycles. The number of ether oxygens (including phenoxy) is 1. The molecule has 0 aliphatic carbocycles. The average molecular weight is 318 g/mol. The standard InChI is InChI=1S/C21H22N2O/c1-2-3-14-24-17-10-8-16(9-11-17)15-23-21-13-12-20(22)18-6-4-5-7-19(18)21/h4-13,15H,2-3,14,22H2,1H3. The summed E-state index contributed by atoms with van der Waals surface area (Å²) in [7, 11) is 0. The Morgan fingerprint density at radius 3 is 2.46 bits per heavy atom. The fraction of sp³-hybridized carbons (Fsp3) is 0.190. The van der Waals surface area contributed by atoms with Crippen LogP contribution in [-0.2, 0) is 0 Å². The molecule has 3 nitrogen and oxygen atoms in total. The molecule has 3 aromatic carbocycles. The summed E-state index contributed by atoms with van der Waals surface area (Å²) in [6.07, 6.45) is 4.08. The van der Waals surface area contributed by atoms with Crippen LogP contribution in [-0.4, -0.2) is 12.8 Å². The Labute approximate surface area is 142 Å². The Morgan fingerprint density at radius 1 is 0.958 bits per heavy atom. The van der Waals surface area contributed by atoms with Crippen molar-refractivity contribution in [2.75, 3.05) is 12.3 Å². The Morgan fingerprint density at radius 2 is 1.71 bits per heavy atom. The van der Waals surface area contributed by atoms with Crippen LogP contribution in [0.1, 0.15) is 25.3 Å². The maximum Gasteiger partial charge on any atom is 0.119 e. The molecule has 0 unspecified atom stereocenters. The first-order valence-corrected chi connectivity index (χ1v) is 8.32. The van der Waals surface area contributed by atoms with Crippen LogP contribution in [0, 0.1) is 0 Å². The highest BCUT2D eigenvalue weighted by Gasteiger charge is 2.02. The van der Waals surface area contributed by atoms with Crippen molar-refractivity contribution in [3.05, 3.63) is 66.2 Å². The van der Waals surface area contributed by atoms with E-state index < -0.39 is 0 Å². The topological polar surface area (TPSA) is 47.6 Å². The van der Waals surface area contributed by atoms with Crippen molar-refractivity contribution in [1.82, 2.24) is 0 Å². The van der Waals surface area contributed by atoms with Gasteiger partial charge in [-0.3, -0.25) is 4.99 Å². The van der Waals surface area contributed by atoms with E-state index in [1.807, 2.05) is 66.9 Å². The van der Waals surface area contributed by atoms with Crippen molar-refractivity contribution < 1.29 is 4.74 Å². The first-order chi connectivity index (χ1) is 11.8. The van der Waals surface area contributed by atoms with E-state index in [9.17, 15) is 0 Å². The highest BCUT2D eigenvalue weighted by molar-refractivity contribution is 6.01. The molecule has 3 heteroatoms. The van der Waals surface area contributed by atoms with Gasteiger partial charge in [0.2, 0.25) is 0 Å². The molecule has 0 aromatic heterocycles. The van der Waals surface area contributed by atoms with Crippen LogP contribution in [0.15, 0.2) is 65.7 Å². The zero-order valence-electron chi connectivity index (χ0n) is 13.9. The zero-order chi connectivity index (χ0) is 16.8. The summed E-state index contributed by atoms with van der Waals surface area (Å²) in [4.78, 5) is 4.63. The third-order valence-corrected chi connectivity index (χ3v) is 3.93. The Balaban J connectivity index is 1.78. The highest BCUT2D eigenvalue weighted by Crippen LogP contribution is 2.30. The maximum absolute atomic E-state index is 6.03. The molecule has 0 spiro atoms. The first-order valence-electron chi connectivity index (χ1n) is 8.32. The Bertz CT molecular complexity index is 838. The number of unbranched alkanes of at least 4 members (excludes halogenated alkanes) is 1. The fourth-order valence-corrected chi connectivity index (χ4v) is 2.55. The Hall–Kier alpha value is -2.81. The van der Waals surface area contributed by atoms with Gasteiger partial charge in [0.05, 0.1) is 12.3 Å². The number of hydrogen-bond donors (Lipinski definition) is 1. The van der Waals surface area contributed by atoms with E-state index >= 15 is 0 Å². The highest BCUT2D eigenvalue weighted by atomic mass is 16.5. The minimum atomic E-state index is 0.765. The average Bonchev–Trinajstić information content (AvgIpc) is 2.63. The number of aliphatic imine (C=N–C) groups is 1. The van der Waals surface area contributed by atoms with Crippen molar-refractivity contribution in [1.29, 1.82) is 0 Å². The number of nitrogen functional groups attached to an aromatic ring is 1. The SMILES string of the molecule is CCCCOc1ccc(C=Nc2ccc(N)c3ccccc23)cc1. The minimum Gasteiger partial charge on any atom is -0.494 e. The van der Waals surface area contributed by atoms with E-state index in [1.165, 1.54) is 0 Å². The summed E-state index contributed by atoms with van der Waals surface area (Å²) in [5, 5.41) is 2.10. The monoisotopic (exact) mass is 318 g/mol. The summed E-state index contributed by atoms with van der Waals surface area (Å²) in [6, 6.07) is 19.9. The number of fused-ring (bicyclic) bond motifs is 1. The lowest BCUT2D eigenvalue weighted by atomic mass is 10.1. The second kappa shape index (κ2) is 7.64. The van der Waals surface area contributed by atoms with Crippen LogP contribution in [0.3, 0.4) is 0 Å². The summed E-state index contributed by atoms with van der Waals surface area (Å²) in [5.41, 5.74) is 8.77. The number of benzene rings is 3. The molecule has 3 aromatic rings. The summed E-state index contributed by atoms with van der Waals surface area (Å²) >= 11 is 0. The normalized spacial score (nSPS) is 11.2. The van der Waals surface area contributed by atoms with Gasteiger partial charge in [-0.05, 0) is 48.4 Å². The molecular weight excluding hydrogens is 296 g/mol. The van der Waals surface area contributed by atoms with Crippen molar-refractivity contribution in [2.45, 2.75) is 19.8 Å². The van der Waals surface area contributed by atoms with E-state index in [4.69, 9.17) is 10.5 Å². The molecule has 3 rings (SSSR count). The van der Waals surface area contributed by atoms with Crippen molar-refractivity contribution in [3.8, 4) is 5.75 Å². The molecule has 0 aliphatic heterocycles. The van der Waals surface area contributed by atoms with E-state index in [-0.39, 0.29) is 0 Å². The van der Waals surface area contributed by atoms with Gasteiger partial charge >= 0.3 is 0 Å². The van der Waals surface area contributed by atoms with Gasteiger partial charge in [0, 0.05) is 22.7 Å². The third kappa shape index (κ3) is 3.74. The predicted molar refractivity (Wildman–Crippen MR) is 102 cm³/mol. The molecule has 24 heavy (non-hydrogen) atoms. The van der Waals surface area contributed by atoms with Crippen molar-refractivity contribution in [3.63, 3.8) is 0 Å². The molecule has 0 saturated heterocycles. The van der Waals surface area contributed by atoms with E-state index in [2.05, 4.69) is 11.9 Å². The first kappa shape index (κ1) is 16.1. The van der Waals surface area contributed by atoms with Gasteiger partial charge in [0.1, 0.15) is 5.75 Å². The van der Waals surface area contributed by atoms with Crippen LogP contribution >= 0.6 is 0 Å². The number of nitrogens with two attached hydrogens (primary N) is 1. The van der Waals surface area contributed by atoms with Crippen molar-refractivity contribution >= 4 is 28.4 Å². The van der Waals surface area contributed by atoms with Crippen LogP contribution in [0.2, 0.25) is 0 Å². The number of rotatable bonds is 6. The predicted octanol–water partition coefficient (Wildman–Crippen LogP) is 5.35. The quantitative estimate of drug-likeness (QED) is 0.378. The van der Waals surface area contributed by atoms with Gasteiger partial charge in [-0.25, -0.2) is 0 Å². The molecule has 0 radical (unpaired) electrons. The molecule has 0 aliphatic rings. The number of hydrogen-bond acceptors (Lipinski definition) is 3. The zero-order valence-corrected chi connectivity index (χ0v) is 13.9. The molecule has 0 saturated carbocycles. The second-order valence-electron chi connectivity index (χ2n) is 5.75. The molecule has 0 amide bonds. The van der Waals surface area contributed by atoms with Gasteiger partial charge in [-0.1, -0.05) is 37.6 Å². The van der Waals surface area contributed by atoms with E-state index in [0.717, 1.165) is 52.9 Å². The maximum atomic E-state index is 6.03. The molecule has 0 atom stereocenters.